The first-order chi connectivity index (χ1) is 9.97. The summed E-state index contributed by atoms with van der Waals surface area (Å²) < 4.78 is 24.6. The Kier molecular flexibility index (Phi) is 4.28. The third-order valence-corrected chi connectivity index (χ3v) is 6.49. The Labute approximate surface area is 127 Å². The lowest BCUT2D eigenvalue weighted by Crippen LogP contribution is -2.47. The molecule has 2 saturated carbocycles. The topological polar surface area (TPSA) is 57.7 Å². The van der Waals surface area contributed by atoms with E-state index in [-0.39, 0.29) is 5.92 Å². The molecule has 0 unspecified atom stereocenters. The van der Waals surface area contributed by atoms with Crippen molar-refractivity contribution in [1.29, 1.82) is 0 Å². The van der Waals surface area contributed by atoms with Gasteiger partial charge in [-0.1, -0.05) is 12.8 Å². The quantitative estimate of drug-likeness (QED) is 0.792. The molecule has 0 spiro atoms. The molecule has 0 aromatic heterocycles. The molecule has 2 aliphatic carbocycles. The van der Waals surface area contributed by atoms with Crippen LogP contribution in [0.25, 0.3) is 0 Å². The summed E-state index contributed by atoms with van der Waals surface area (Å²) >= 11 is 0. The average Bonchev–Trinajstić information content (AvgIpc) is 3.12. The van der Waals surface area contributed by atoms with E-state index >= 15 is 0 Å². The highest BCUT2D eigenvalue weighted by Gasteiger charge is 2.41. The smallest absolute Gasteiger partial charge is 0.226 e. The molecule has 21 heavy (non-hydrogen) atoms. The van der Waals surface area contributed by atoms with Crippen LogP contribution in [0.4, 0.5) is 0 Å². The number of piperidine rings is 1. The molecule has 120 valence electrons. The van der Waals surface area contributed by atoms with Crippen molar-refractivity contribution in [2.75, 3.05) is 19.3 Å². The van der Waals surface area contributed by atoms with E-state index in [0.717, 1.165) is 25.7 Å². The van der Waals surface area contributed by atoms with Gasteiger partial charge in [-0.3, -0.25) is 4.79 Å². The first-order valence-electron chi connectivity index (χ1n) is 8.24. The van der Waals surface area contributed by atoms with E-state index in [1.165, 1.54) is 23.4 Å². The van der Waals surface area contributed by atoms with Crippen molar-refractivity contribution >= 4 is 15.9 Å². The molecule has 1 saturated heterocycles. The van der Waals surface area contributed by atoms with Gasteiger partial charge in [0.05, 0.1) is 6.26 Å². The van der Waals surface area contributed by atoms with Gasteiger partial charge in [0.25, 0.3) is 0 Å². The van der Waals surface area contributed by atoms with Crippen molar-refractivity contribution in [3.05, 3.63) is 0 Å². The second kappa shape index (κ2) is 5.88. The van der Waals surface area contributed by atoms with E-state index in [1.807, 2.05) is 0 Å². The molecule has 0 N–H and O–H groups in total. The van der Waals surface area contributed by atoms with Gasteiger partial charge in [-0.15, -0.1) is 0 Å². The number of carbonyl (C=O) groups excluding carboxylic acids is 1. The van der Waals surface area contributed by atoms with Crippen molar-refractivity contribution < 1.29 is 13.2 Å². The Morgan fingerprint density at radius 3 is 1.95 bits per heavy atom. The van der Waals surface area contributed by atoms with Gasteiger partial charge in [0, 0.05) is 31.1 Å². The molecule has 1 amide bonds. The predicted molar refractivity (Wildman–Crippen MR) is 81.3 cm³/mol. The molecule has 1 heterocycles. The zero-order valence-electron chi connectivity index (χ0n) is 12.8. The highest BCUT2D eigenvalue weighted by atomic mass is 32.2. The van der Waals surface area contributed by atoms with Crippen LogP contribution in [0.3, 0.4) is 0 Å². The fraction of sp³-hybridized carbons (Fsp3) is 0.933. The summed E-state index contributed by atoms with van der Waals surface area (Å²) in [7, 11) is -3.11. The third-order valence-electron chi connectivity index (χ3n) is 5.19. The zero-order valence-corrected chi connectivity index (χ0v) is 13.6. The predicted octanol–water partition coefficient (Wildman–Crippen LogP) is 1.59. The molecule has 5 nitrogen and oxygen atoms in total. The van der Waals surface area contributed by atoms with Gasteiger partial charge in [-0.2, -0.15) is 0 Å². The maximum absolute atomic E-state index is 12.9. The molecule has 0 radical (unpaired) electrons. The molecule has 0 aromatic carbocycles. The van der Waals surface area contributed by atoms with E-state index in [1.54, 1.807) is 0 Å². The van der Waals surface area contributed by atoms with Gasteiger partial charge in [0.15, 0.2) is 0 Å². The standard InChI is InChI=1S/C15H26N2O3S/c1-21(19,20)16-10-8-12(9-11-16)15(18)17(14-6-7-14)13-4-2-3-5-13/h12-14H,2-11H2,1H3. The molecule has 3 rings (SSSR count). The Bertz CT molecular complexity index is 487. The summed E-state index contributed by atoms with van der Waals surface area (Å²) in [4.78, 5) is 15.1. The molecule has 0 aromatic rings. The largest absolute Gasteiger partial charge is 0.336 e. The van der Waals surface area contributed by atoms with Crippen molar-refractivity contribution in [1.82, 2.24) is 9.21 Å². The van der Waals surface area contributed by atoms with Gasteiger partial charge >= 0.3 is 0 Å². The molecular weight excluding hydrogens is 288 g/mol. The lowest BCUT2D eigenvalue weighted by Gasteiger charge is -2.36. The maximum Gasteiger partial charge on any atom is 0.226 e. The SMILES string of the molecule is CS(=O)(=O)N1CCC(C(=O)N(C2CCCC2)C2CC2)CC1. The van der Waals surface area contributed by atoms with Gasteiger partial charge in [0.1, 0.15) is 0 Å². The maximum atomic E-state index is 12.9. The highest BCUT2D eigenvalue weighted by Crippen LogP contribution is 2.36. The minimum absolute atomic E-state index is 0.0317. The molecular formula is C15H26N2O3S. The number of hydrogen-bond acceptors (Lipinski definition) is 3. The fourth-order valence-electron chi connectivity index (χ4n) is 3.84. The Balaban J connectivity index is 1.62. The number of rotatable bonds is 4. The summed E-state index contributed by atoms with van der Waals surface area (Å²) in [5.74, 6) is 0.335. The van der Waals surface area contributed by atoms with Gasteiger partial charge in [-0.05, 0) is 38.5 Å². The van der Waals surface area contributed by atoms with E-state index in [4.69, 9.17) is 0 Å². The number of carbonyl (C=O) groups is 1. The average molecular weight is 314 g/mol. The van der Waals surface area contributed by atoms with E-state index in [9.17, 15) is 13.2 Å². The van der Waals surface area contributed by atoms with Crippen LogP contribution < -0.4 is 0 Å². The summed E-state index contributed by atoms with van der Waals surface area (Å²) in [6, 6.07) is 0.937. The zero-order chi connectivity index (χ0) is 15.0. The van der Waals surface area contributed by atoms with Gasteiger partial charge in [-0.25, -0.2) is 12.7 Å². The molecule has 6 heteroatoms. The lowest BCUT2D eigenvalue weighted by molar-refractivity contribution is -0.139. The Morgan fingerprint density at radius 2 is 1.48 bits per heavy atom. The van der Waals surface area contributed by atoms with Gasteiger partial charge in [0.2, 0.25) is 15.9 Å². The first kappa shape index (κ1) is 15.3. The van der Waals surface area contributed by atoms with Crippen LogP contribution in [0.2, 0.25) is 0 Å². The van der Waals surface area contributed by atoms with Crippen LogP contribution in [-0.2, 0) is 14.8 Å². The Morgan fingerprint density at radius 1 is 0.952 bits per heavy atom. The monoisotopic (exact) mass is 314 g/mol. The van der Waals surface area contributed by atoms with Crippen LogP contribution in [-0.4, -0.2) is 55.0 Å². The minimum atomic E-state index is -3.11. The van der Waals surface area contributed by atoms with Gasteiger partial charge < -0.3 is 4.90 Å². The molecule has 0 bridgehead atoms. The van der Waals surface area contributed by atoms with E-state index < -0.39 is 10.0 Å². The number of amides is 1. The second-order valence-corrected chi connectivity index (χ2v) is 8.83. The molecule has 1 aliphatic heterocycles. The Hall–Kier alpha value is -0.620. The third kappa shape index (κ3) is 3.42. The number of hydrogen-bond donors (Lipinski definition) is 0. The van der Waals surface area contributed by atoms with Crippen molar-refractivity contribution in [3.63, 3.8) is 0 Å². The van der Waals surface area contributed by atoms with Crippen LogP contribution in [0, 0.1) is 5.92 Å². The first-order valence-corrected chi connectivity index (χ1v) is 10.1. The van der Waals surface area contributed by atoms with Crippen LogP contribution >= 0.6 is 0 Å². The number of nitrogens with zero attached hydrogens (tertiary/aromatic N) is 2. The summed E-state index contributed by atoms with van der Waals surface area (Å²) in [6.07, 6.45) is 9.74. The summed E-state index contributed by atoms with van der Waals surface area (Å²) in [5, 5.41) is 0. The van der Waals surface area contributed by atoms with Crippen molar-refractivity contribution in [2.45, 2.75) is 63.5 Å². The summed E-state index contributed by atoms with van der Waals surface area (Å²) in [6.45, 7) is 0.997. The van der Waals surface area contributed by atoms with Crippen molar-refractivity contribution in [3.8, 4) is 0 Å². The minimum Gasteiger partial charge on any atom is -0.336 e. The van der Waals surface area contributed by atoms with Crippen LogP contribution in [0.5, 0.6) is 0 Å². The fourth-order valence-corrected chi connectivity index (χ4v) is 4.71. The van der Waals surface area contributed by atoms with Crippen LogP contribution in [0.15, 0.2) is 0 Å². The summed E-state index contributed by atoms with van der Waals surface area (Å²) in [5.41, 5.74) is 0. The second-order valence-electron chi connectivity index (χ2n) is 6.85. The highest BCUT2D eigenvalue weighted by molar-refractivity contribution is 7.88. The van der Waals surface area contributed by atoms with E-state index in [2.05, 4.69) is 4.90 Å². The molecule has 0 atom stereocenters. The van der Waals surface area contributed by atoms with Crippen LogP contribution in [0.1, 0.15) is 51.4 Å². The van der Waals surface area contributed by atoms with Crippen molar-refractivity contribution in [2.24, 2.45) is 5.92 Å². The lowest BCUT2D eigenvalue weighted by atomic mass is 9.95. The number of sulfonamides is 1. The van der Waals surface area contributed by atoms with E-state index in [0.29, 0.717) is 43.9 Å². The molecule has 3 aliphatic rings. The molecule has 3 fully saturated rings. The normalized spacial score (nSPS) is 26.1.